The number of carbonyl (C=O) groups is 1. The lowest BCUT2D eigenvalue weighted by Crippen LogP contribution is -2.23. The fraction of sp³-hybridized carbons (Fsp3) is 0.294. The molecule has 1 N–H and O–H groups in total. The lowest BCUT2D eigenvalue weighted by atomic mass is 10.3. The number of nitrogens with zero attached hydrogens (tertiary/aromatic N) is 4. The average molecular weight is 407 g/mol. The van der Waals surface area contributed by atoms with Crippen molar-refractivity contribution in [2.45, 2.75) is 37.7 Å². The summed E-state index contributed by atoms with van der Waals surface area (Å²) in [5, 5.41) is 9.28. The molecule has 3 aromatic rings. The highest BCUT2D eigenvalue weighted by Crippen LogP contribution is 2.32. The normalized spacial score (nSPS) is 10.9. The number of para-hydroxylation sites is 1. The van der Waals surface area contributed by atoms with Crippen LogP contribution in [-0.2, 0) is 17.1 Å². The van der Waals surface area contributed by atoms with Crippen molar-refractivity contribution < 1.29 is 9.18 Å². The molecule has 2 heterocycles. The number of anilines is 2. The van der Waals surface area contributed by atoms with Crippen LogP contribution in [0, 0.1) is 5.82 Å². The highest BCUT2D eigenvalue weighted by atomic mass is 32.2. The topological polar surface area (TPSA) is 83.9 Å². The Kier molecular flexibility index (Phi) is 6.07. The van der Waals surface area contributed by atoms with Gasteiger partial charge in [-0.2, -0.15) is 0 Å². The maximum absolute atomic E-state index is 14.1. The smallest absolute Gasteiger partial charge is 0.274 e. The molecular weight excluding hydrogens is 389 g/mol. The minimum atomic E-state index is -0.487. The van der Waals surface area contributed by atoms with Crippen LogP contribution in [0.25, 0.3) is 0 Å². The van der Waals surface area contributed by atoms with Crippen LogP contribution in [0.15, 0.2) is 39.6 Å². The number of hydrogen-bond donors (Lipinski definition) is 1. The maximum atomic E-state index is 14.1. The fourth-order valence-corrected chi connectivity index (χ4v) is 4.33. The number of thiazole rings is 1. The quantitative estimate of drug-likeness (QED) is 0.606. The number of aromatic nitrogens is 4. The average Bonchev–Trinajstić information content (AvgIpc) is 3.23. The second-order valence-corrected chi connectivity index (χ2v) is 7.46. The molecule has 7 nitrogen and oxygen atoms in total. The number of carbonyl (C=O) groups excluding carboxylic acids is 1. The van der Waals surface area contributed by atoms with Crippen LogP contribution in [0.4, 0.5) is 15.2 Å². The van der Waals surface area contributed by atoms with Gasteiger partial charge in [-0.25, -0.2) is 19.3 Å². The number of benzene rings is 1. The fourth-order valence-electron chi connectivity index (χ4n) is 2.48. The Bertz CT molecular complexity index is 997. The van der Waals surface area contributed by atoms with Crippen LogP contribution in [0.2, 0.25) is 0 Å². The molecule has 0 radical (unpaired) electrons. The van der Waals surface area contributed by atoms with Crippen molar-refractivity contribution in [1.82, 2.24) is 19.7 Å². The van der Waals surface area contributed by atoms with Crippen molar-refractivity contribution in [3.63, 3.8) is 0 Å². The Morgan fingerprint density at radius 2 is 2.19 bits per heavy atom. The molecule has 0 aliphatic carbocycles. The first kappa shape index (κ1) is 19.3. The van der Waals surface area contributed by atoms with Crippen LogP contribution in [0.1, 0.15) is 26.0 Å². The zero-order valence-electron chi connectivity index (χ0n) is 14.8. The van der Waals surface area contributed by atoms with E-state index in [1.54, 1.807) is 22.8 Å². The monoisotopic (exact) mass is 407 g/mol. The molecule has 0 atom stereocenters. The number of amides is 1. The molecular formula is C17H18FN5O2S2. The standard InChI is InChI=1S/C17H18FN5O2S2/c1-3-8-22-15(25)20-21-17(22)27-10-12-9-26-16(19-12)23(11(2)24)14-7-5-4-6-13(14)18/h4-7,9H,3,8,10H2,1-2H3,(H,20,25). The molecule has 0 saturated carbocycles. The molecule has 10 heteroatoms. The summed E-state index contributed by atoms with van der Waals surface area (Å²) in [7, 11) is 0. The minimum absolute atomic E-state index is 0.169. The number of hydrogen-bond acceptors (Lipinski definition) is 6. The summed E-state index contributed by atoms with van der Waals surface area (Å²) in [6.45, 7) is 3.94. The van der Waals surface area contributed by atoms with Gasteiger partial charge in [-0.15, -0.1) is 16.4 Å². The van der Waals surface area contributed by atoms with Crippen molar-refractivity contribution in [3.05, 3.63) is 51.6 Å². The van der Waals surface area contributed by atoms with E-state index in [-0.39, 0.29) is 17.3 Å². The Hall–Kier alpha value is -2.46. The third-order valence-corrected chi connectivity index (χ3v) is 5.54. The Labute approximate surface area is 163 Å². The van der Waals surface area contributed by atoms with E-state index in [1.807, 2.05) is 12.3 Å². The SMILES string of the molecule is CCCn1c(SCc2csc(N(C(C)=O)c3ccccc3F)n2)n[nH]c1=O. The molecule has 142 valence electrons. The van der Waals surface area contributed by atoms with Crippen molar-refractivity contribution in [1.29, 1.82) is 0 Å². The first-order valence-corrected chi connectivity index (χ1v) is 10.2. The molecule has 1 amide bonds. The van der Waals surface area contributed by atoms with E-state index in [4.69, 9.17) is 0 Å². The second-order valence-electron chi connectivity index (χ2n) is 5.68. The summed E-state index contributed by atoms with van der Waals surface area (Å²) < 4.78 is 15.7. The number of halogens is 1. The number of nitrogens with one attached hydrogen (secondary N) is 1. The maximum Gasteiger partial charge on any atom is 0.343 e. The van der Waals surface area contributed by atoms with Crippen LogP contribution in [-0.4, -0.2) is 25.7 Å². The van der Waals surface area contributed by atoms with Gasteiger partial charge in [-0.05, 0) is 18.6 Å². The summed E-state index contributed by atoms with van der Waals surface area (Å²) >= 11 is 2.64. The van der Waals surface area contributed by atoms with E-state index in [0.717, 1.165) is 12.1 Å². The first-order chi connectivity index (χ1) is 13.0. The summed E-state index contributed by atoms with van der Waals surface area (Å²) in [6.07, 6.45) is 0.823. The minimum Gasteiger partial charge on any atom is -0.274 e. The van der Waals surface area contributed by atoms with Gasteiger partial charge >= 0.3 is 5.69 Å². The number of aromatic amines is 1. The molecule has 1 aromatic carbocycles. The van der Waals surface area contributed by atoms with Crippen LogP contribution in [0.5, 0.6) is 0 Å². The van der Waals surface area contributed by atoms with E-state index >= 15 is 0 Å². The van der Waals surface area contributed by atoms with Crippen molar-refractivity contribution in [2.24, 2.45) is 0 Å². The lowest BCUT2D eigenvalue weighted by molar-refractivity contribution is -0.115. The van der Waals surface area contributed by atoms with Crippen LogP contribution >= 0.6 is 23.1 Å². The Morgan fingerprint density at radius 1 is 1.41 bits per heavy atom. The molecule has 2 aromatic heterocycles. The van der Waals surface area contributed by atoms with Crippen LogP contribution in [0.3, 0.4) is 0 Å². The van der Waals surface area contributed by atoms with Gasteiger partial charge in [0.05, 0.1) is 11.4 Å². The number of thioether (sulfide) groups is 1. The zero-order valence-corrected chi connectivity index (χ0v) is 16.4. The molecule has 0 fully saturated rings. The van der Waals surface area contributed by atoms with Gasteiger partial charge in [0.1, 0.15) is 5.82 Å². The van der Waals surface area contributed by atoms with E-state index in [1.165, 1.54) is 41.0 Å². The van der Waals surface area contributed by atoms with Gasteiger partial charge in [-0.1, -0.05) is 30.8 Å². The Morgan fingerprint density at radius 3 is 2.89 bits per heavy atom. The molecule has 0 unspecified atom stereocenters. The van der Waals surface area contributed by atoms with Gasteiger partial charge in [0.2, 0.25) is 5.91 Å². The highest BCUT2D eigenvalue weighted by molar-refractivity contribution is 7.98. The molecule has 0 aliphatic heterocycles. The number of H-pyrrole nitrogens is 1. The first-order valence-electron chi connectivity index (χ1n) is 8.29. The van der Waals surface area contributed by atoms with Gasteiger partial charge in [0.15, 0.2) is 10.3 Å². The van der Waals surface area contributed by atoms with E-state index in [0.29, 0.717) is 22.6 Å². The molecule has 0 bridgehead atoms. The predicted molar refractivity (Wildman–Crippen MR) is 104 cm³/mol. The lowest BCUT2D eigenvalue weighted by Gasteiger charge is -2.18. The van der Waals surface area contributed by atoms with E-state index in [9.17, 15) is 14.0 Å². The molecule has 3 rings (SSSR count). The van der Waals surface area contributed by atoms with Crippen molar-refractivity contribution >= 4 is 39.8 Å². The Balaban J connectivity index is 1.79. The molecule has 0 saturated heterocycles. The third kappa shape index (κ3) is 4.28. The van der Waals surface area contributed by atoms with Crippen LogP contribution < -0.4 is 10.6 Å². The van der Waals surface area contributed by atoms with E-state index in [2.05, 4.69) is 15.2 Å². The van der Waals surface area contributed by atoms with Gasteiger partial charge in [0, 0.05) is 24.6 Å². The summed E-state index contributed by atoms with van der Waals surface area (Å²) in [5.74, 6) is -0.329. The zero-order chi connectivity index (χ0) is 19.4. The summed E-state index contributed by atoms with van der Waals surface area (Å²) in [5.41, 5.74) is 0.657. The highest BCUT2D eigenvalue weighted by Gasteiger charge is 2.21. The molecule has 0 spiro atoms. The molecule has 0 aliphatic rings. The summed E-state index contributed by atoms with van der Waals surface area (Å²) in [6, 6.07) is 6.09. The second kappa shape index (κ2) is 8.49. The van der Waals surface area contributed by atoms with Gasteiger partial charge in [-0.3, -0.25) is 14.3 Å². The number of rotatable bonds is 7. The largest absolute Gasteiger partial charge is 0.343 e. The van der Waals surface area contributed by atoms with Crippen molar-refractivity contribution in [3.8, 4) is 0 Å². The van der Waals surface area contributed by atoms with Gasteiger partial charge < -0.3 is 0 Å². The van der Waals surface area contributed by atoms with E-state index < -0.39 is 5.82 Å². The predicted octanol–water partition coefficient (Wildman–Crippen LogP) is 3.55. The van der Waals surface area contributed by atoms with Gasteiger partial charge in [0.25, 0.3) is 0 Å². The summed E-state index contributed by atoms with van der Waals surface area (Å²) in [4.78, 5) is 29.5. The third-order valence-electron chi connectivity index (χ3n) is 3.66. The molecule has 27 heavy (non-hydrogen) atoms. The van der Waals surface area contributed by atoms with Crippen molar-refractivity contribution in [2.75, 3.05) is 4.90 Å².